The van der Waals surface area contributed by atoms with Crippen molar-refractivity contribution in [1.29, 1.82) is 0 Å². The molecule has 1 heterocycles. The van der Waals surface area contributed by atoms with Crippen molar-refractivity contribution in [1.82, 2.24) is 19.6 Å². The van der Waals surface area contributed by atoms with Gasteiger partial charge in [-0.2, -0.15) is 0 Å². The number of carbonyl (C=O) groups is 4. The van der Waals surface area contributed by atoms with Crippen molar-refractivity contribution in [3.8, 4) is 0 Å². The van der Waals surface area contributed by atoms with E-state index in [0.29, 0.717) is 0 Å². The van der Waals surface area contributed by atoms with Crippen LogP contribution in [0.3, 0.4) is 0 Å². The highest BCUT2D eigenvalue weighted by atomic mass is 16.4. The third-order valence-electron chi connectivity index (χ3n) is 6.20. The zero-order valence-corrected chi connectivity index (χ0v) is 19.2. The molecule has 0 aromatic rings. The predicted molar refractivity (Wildman–Crippen MR) is 115 cm³/mol. The van der Waals surface area contributed by atoms with Crippen LogP contribution in [0.1, 0.15) is 27.7 Å². The summed E-state index contributed by atoms with van der Waals surface area (Å²) in [7, 11) is 0. The van der Waals surface area contributed by atoms with E-state index in [4.69, 9.17) is 0 Å². The van der Waals surface area contributed by atoms with E-state index in [1.165, 1.54) is 6.92 Å². The molecule has 0 aliphatic carbocycles. The molecular formula is C20H36N4O8. The smallest absolute Gasteiger partial charge is 0.323 e. The summed E-state index contributed by atoms with van der Waals surface area (Å²) in [5, 5.41) is 37.9. The maximum absolute atomic E-state index is 11.8. The van der Waals surface area contributed by atoms with Gasteiger partial charge in [-0.3, -0.25) is 38.8 Å². The molecule has 0 aromatic carbocycles. The second-order valence-electron chi connectivity index (χ2n) is 8.62. The average molecular weight is 461 g/mol. The van der Waals surface area contributed by atoms with Gasteiger partial charge in [-0.05, 0) is 27.7 Å². The molecule has 32 heavy (non-hydrogen) atoms. The molecule has 184 valence electrons. The monoisotopic (exact) mass is 460 g/mol. The van der Waals surface area contributed by atoms with E-state index in [1.54, 1.807) is 40.4 Å². The molecule has 12 nitrogen and oxygen atoms in total. The highest BCUT2D eigenvalue weighted by Gasteiger charge is 2.36. The van der Waals surface area contributed by atoms with E-state index < -0.39 is 41.5 Å². The lowest BCUT2D eigenvalue weighted by atomic mass is 10.0. The van der Waals surface area contributed by atoms with Gasteiger partial charge in [0.05, 0.1) is 6.54 Å². The van der Waals surface area contributed by atoms with Gasteiger partial charge in [0, 0.05) is 52.4 Å². The molecule has 1 rings (SSSR count). The van der Waals surface area contributed by atoms with Crippen LogP contribution in [-0.2, 0) is 19.2 Å². The van der Waals surface area contributed by atoms with Crippen LogP contribution < -0.4 is 0 Å². The standard InChI is InChI=1S/C20H36N4O8/c1-14(17(27)28)22-7-5-21(13-16(25)26)6-11-24(20(3,4)19(31)32)12-10-23(9-8-22)15(2)18(29)30/h14-15H,5-13H2,1-4H3,(H,25,26)(H,27,28)(H,29,30)(H,31,32). The molecule has 4 N–H and O–H groups in total. The minimum absolute atomic E-state index is 0.251. The molecule has 0 bridgehead atoms. The van der Waals surface area contributed by atoms with Crippen LogP contribution in [0.5, 0.6) is 0 Å². The lowest BCUT2D eigenvalue weighted by Crippen LogP contribution is -2.57. The van der Waals surface area contributed by atoms with E-state index in [-0.39, 0.29) is 58.9 Å². The summed E-state index contributed by atoms with van der Waals surface area (Å²) in [6.07, 6.45) is 0. The van der Waals surface area contributed by atoms with Crippen LogP contribution >= 0.6 is 0 Å². The fourth-order valence-corrected chi connectivity index (χ4v) is 3.62. The zero-order valence-electron chi connectivity index (χ0n) is 19.2. The van der Waals surface area contributed by atoms with Gasteiger partial charge in [-0.25, -0.2) is 0 Å². The van der Waals surface area contributed by atoms with Crippen LogP contribution in [0, 0.1) is 0 Å². The van der Waals surface area contributed by atoms with Crippen molar-refractivity contribution < 1.29 is 39.6 Å². The molecule has 0 saturated carbocycles. The van der Waals surface area contributed by atoms with E-state index in [1.807, 2.05) is 0 Å². The number of rotatable bonds is 8. The largest absolute Gasteiger partial charge is 0.480 e. The quantitative estimate of drug-likeness (QED) is 0.354. The maximum Gasteiger partial charge on any atom is 0.323 e. The molecule has 0 spiro atoms. The number of hydrogen-bond acceptors (Lipinski definition) is 8. The first-order valence-electron chi connectivity index (χ1n) is 10.6. The molecule has 0 radical (unpaired) electrons. The zero-order chi connectivity index (χ0) is 24.6. The van der Waals surface area contributed by atoms with Crippen molar-refractivity contribution in [2.75, 3.05) is 58.9 Å². The summed E-state index contributed by atoms with van der Waals surface area (Å²) in [4.78, 5) is 53.1. The third-order valence-corrected chi connectivity index (χ3v) is 6.20. The molecule has 1 fully saturated rings. The topological polar surface area (TPSA) is 162 Å². The molecule has 2 atom stereocenters. The van der Waals surface area contributed by atoms with Crippen LogP contribution in [0.15, 0.2) is 0 Å². The number of hydrogen-bond donors (Lipinski definition) is 4. The normalized spacial score (nSPS) is 21.1. The highest BCUT2D eigenvalue weighted by molar-refractivity contribution is 5.77. The van der Waals surface area contributed by atoms with Gasteiger partial charge >= 0.3 is 23.9 Å². The summed E-state index contributed by atoms with van der Waals surface area (Å²) in [6.45, 7) is 8.09. The Morgan fingerprint density at radius 1 is 0.719 bits per heavy atom. The van der Waals surface area contributed by atoms with Crippen LogP contribution in [-0.4, -0.2) is 140 Å². The number of nitrogens with zero attached hydrogens (tertiary/aromatic N) is 4. The summed E-state index contributed by atoms with van der Waals surface area (Å²) in [5.41, 5.74) is -1.24. The summed E-state index contributed by atoms with van der Waals surface area (Å²) >= 11 is 0. The molecule has 1 aliphatic rings. The van der Waals surface area contributed by atoms with E-state index in [2.05, 4.69) is 0 Å². The highest BCUT2D eigenvalue weighted by Crippen LogP contribution is 2.16. The van der Waals surface area contributed by atoms with Crippen molar-refractivity contribution in [3.05, 3.63) is 0 Å². The van der Waals surface area contributed by atoms with Gasteiger partial charge in [-0.15, -0.1) is 0 Å². The molecule has 1 aliphatic heterocycles. The first-order valence-corrected chi connectivity index (χ1v) is 10.6. The second-order valence-corrected chi connectivity index (χ2v) is 8.62. The van der Waals surface area contributed by atoms with Gasteiger partial charge in [0.15, 0.2) is 0 Å². The minimum atomic E-state index is -1.24. The summed E-state index contributed by atoms with van der Waals surface area (Å²) in [5.74, 6) is -4.10. The van der Waals surface area contributed by atoms with Crippen molar-refractivity contribution in [3.63, 3.8) is 0 Å². The average Bonchev–Trinajstić information content (AvgIpc) is 2.68. The maximum atomic E-state index is 11.8. The fraction of sp³-hybridized carbons (Fsp3) is 0.800. The third kappa shape index (κ3) is 8.01. The Labute approximate surface area is 188 Å². The Balaban J connectivity index is 3.22. The van der Waals surface area contributed by atoms with Gasteiger partial charge in [0.25, 0.3) is 0 Å². The van der Waals surface area contributed by atoms with Gasteiger partial charge in [0.2, 0.25) is 0 Å². The van der Waals surface area contributed by atoms with E-state index >= 15 is 0 Å². The van der Waals surface area contributed by atoms with Gasteiger partial charge < -0.3 is 20.4 Å². The Morgan fingerprint density at radius 3 is 1.50 bits per heavy atom. The van der Waals surface area contributed by atoms with Crippen molar-refractivity contribution >= 4 is 23.9 Å². The Bertz CT molecular complexity index is 687. The summed E-state index contributed by atoms with van der Waals surface area (Å²) in [6, 6.07) is -1.66. The molecule has 1 saturated heterocycles. The van der Waals surface area contributed by atoms with Gasteiger partial charge in [0.1, 0.15) is 17.6 Å². The minimum Gasteiger partial charge on any atom is -0.480 e. The first-order chi connectivity index (χ1) is 14.8. The van der Waals surface area contributed by atoms with Crippen LogP contribution in [0.4, 0.5) is 0 Å². The van der Waals surface area contributed by atoms with E-state index in [0.717, 1.165) is 0 Å². The lowest BCUT2D eigenvalue weighted by molar-refractivity contribution is -0.151. The fourth-order valence-electron chi connectivity index (χ4n) is 3.62. The predicted octanol–water partition coefficient (Wildman–Crippen LogP) is -0.898. The van der Waals surface area contributed by atoms with Crippen molar-refractivity contribution in [2.24, 2.45) is 0 Å². The van der Waals surface area contributed by atoms with E-state index in [9.17, 15) is 39.6 Å². The molecule has 12 heteroatoms. The van der Waals surface area contributed by atoms with Crippen LogP contribution in [0.2, 0.25) is 0 Å². The van der Waals surface area contributed by atoms with Crippen molar-refractivity contribution in [2.45, 2.75) is 45.3 Å². The molecular weight excluding hydrogens is 424 g/mol. The Kier molecular flexibility index (Phi) is 10.5. The number of carboxylic acids is 4. The SMILES string of the molecule is CC(C(=O)O)N1CCN(CC(=O)O)CCN(C(C)(C)C(=O)O)CCN(C(C)C(=O)O)CC1. The summed E-state index contributed by atoms with van der Waals surface area (Å²) < 4.78 is 0. The lowest BCUT2D eigenvalue weighted by Gasteiger charge is -2.40. The van der Waals surface area contributed by atoms with Crippen LogP contribution in [0.25, 0.3) is 0 Å². The Morgan fingerprint density at radius 2 is 1.09 bits per heavy atom. The number of aliphatic carboxylic acids is 4. The second kappa shape index (κ2) is 12.1. The Hall–Kier alpha value is -2.28. The molecule has 2 unspecified atom stereocenters. The molecule has 0 aromatic heterocycles. The molecule has 0 amide bonds. The number of carboxylic acid groups (broad SMARTS) is 4. The van der Waals surface area contributed by atoms with Gasteiger partial charge in [-0.1, -0.05) is 0 Å². The first kappa shape index (κ1) is 27.8.